The number of aliphatic hydroxyl groups is 1. The fourth-order valence-electron chi connectivity index (χ4n) is 0.560. The molecule has 1 N–H and O–H groups in total. The summed E-state index contributed by atoms with van der Waals surface area (Å²) in [5.74, 6) is -0.00715. The van der Waals surface area contributed by atoms with Gasteiger partial charge in [-0.05, 0) is 13.8 Å². The first kappa shape index (κ1) is 8.13. The predicted molar refractivity (Wildman–Crippen MR) is 34.4 cm³/mol. The van der Waals surface area contributed by atoms with E-state index < -0.39 is 5.67 Å². The zero-order valence-electron chi connectivity index (χ0n) is 6.33. The topological polar surface area (TPSA) is 59.2 Å². The van der Waals surface area contributed by atoms with Crippen LogP contribution in [0.1, 0.15) is 25.6 Å². The second-order valence-corrected chi connectivity index (χ2v) is 2.65. The van der Waals surface area contributed by atoms with Crippen molar-refractivity contribution in [3.05, 3.63) is 11.7 Å². The van der Waals surface area contributed by atoms with Crippen molar-refractivity contribution >= 4 is 0 Å². The molecule has 11 heavy (non-hydrogen) atoms. The summed E-state index contributed by atoms with van der Waals surface area (Å²) in [6.07, 6.45) is 0. The minimum Gasteiger partial charge on any atom is -0.388 e. The van der Waals surface area contributed by atoms with Crippen LogP contribution in [0.3, 0.4) is 0 Å². The monoisotopic (exact) mass is 160 g/mol. The van der Waals surface area contributed by atoms with Gasteiger partial charge in [0.15, 0.2) is 11.5 Å². The van der Waals surface area contributed by atoms with Crippen LogP contribution in [0, 0.1) is 0 Å². The number of hydrogen-bond donors (Lipinski definition) is 1. The lowest BCUT2D eigenvalue weighted by atomic mass is 10.2. The fourth-order valence-corrected chi connectivity index (χ4v) is 0.560. The Morgan fingerprint density at radius 2 is 2.27 bits per heavy atom. The molecule has 0 bridgehead atoms. The van der Waals surface area contributed by atoms with Crippen molar-refractivity contribution in [1.82, 2.24) is 10.1 Å². The van der Waals surface area contributed by atoms with E-state index in [1.807, 2.05) is 0 Å². The van der Waals surface area contributed by atoms with Gasteiger partial charge in [-0.1, -0.05) is 5.16 Å². The van der Waals surface area contributed by atoms with Gasteiger partial charge in [-0.25, -0.2) is 4.39 Å². The van der Waals surface area contributed by atoms with Crippen LogP contribution in [0.5, 0.6) is 0 Å². The SMILES string of the molecule is CC(C)(F)c1nc(CO)no1. The van der Waals surface area contributed by atoms with Gasteiger partial charge in [0.05, 0.1) is 0 Å². The largest absolute Gasteiger partial charge is 0.388 e. The molecule has 0 saturated heterocycles. The summed E-state index contributed by atoms with van der Waals surface area (Å²) in [5.41, 5.74) is -1.64. The second kappa shape index (κ2) is 2.58. The number of halogens is 1. The molecule has 0 spiro atoms. The molecular formula is C6H9FN2O2. The number of aromatic nitrogens is 2. The lowest BCUT2D eigenvalue weighted by molar-refractivity contribution is 0.155. The Morgan fingerprint density at radius 1 is 1.64 bits per heavy atom. The van der Waals surface area contributed by atoms with Crippen LogP contribution in [-0.4, -0.2) is 15.2 Å². The summed E-state index contributed by atoms with van der Waals surface area (Å²) in [6.45, 7) is 2.28. The molecule has 0 fully saturated rings. The summed E-state index contributed by atoms with van der Waals surface area (Å²) >= 11 is 0. The Kier molecular flexibility index (Phi) is 1.90. The van der Waals surface area contributed by atoms with Gasteiger partial charge in [0.25, 0.3) is 5.89 Å². The Balaban J connectivity index is 2.89. The van der Waals surface area contributed by atoms with E-state index in [2.05, 4.69) is 14.7 Å². The molecule has 4 nitrogen and oxygen atoms in total. The van der Waals surface area contributed by atoms with Crippen molar-refractivity contribution in [2.75, 3.05) is 0 Å². The highest BCUT2D eigenvalue weighted by atomic mass is 19.1. The molecule has 0 radical (unpaired) electrons. The van der Waals surface area contributed by atoms with Crippen LogP contribution in [-0.2, 0) is 12.3 Å². The average Bonchev–Trinajstić information content (AvgIpc) is 2.32. The minimum absolute atomic E-state index is 0.103. The van der Waals surface area contributed by atoms with Crippen LogP contribution in [0.2, 0.25) is 0 Å². The molecule has 0 unspecified atom stereocenters. The maximum atomic E-state index is 13.0. The lowest BCUT2D eigenvalue weighted by Crippen LogP contribution is -2.09. The van der Waals surface area contributed by atoms with Crippen LogP contribution in [0.4, 0.5) is 4.39 Å². The zero-order chi connectivity index (χ0) is 8.48. The van der Waals surface area contributed by atoms with E-state index in [1.54, 1.807) is 0 Å². The highest BCUT2D eigenvalue weighted by Gasteiger charge is 2.26. The van der Waals surface area contributed by atoms with Crippen LogP contribution in [0.25, 0.3) is 0 Å². The number of hydrogen-bond acceptors (Lipinski definition) is 4. The van der Waals surface area contributed by atoms with Crippen molar-refractivity contribution in [2.45, 2.75) is 26.1 Å². The molecule has 0 aromatic carbocycles. The molecule has 5 heteroatoms. The summed E-state index contributed by atoms with van der Waals surface area (Å²) in [6, 6.07) is 0. The van der Waals surface area contributed by atoms with Crippen molar-refractivity contribution in [2.24, 2.45) is 0 Å². The zero-order valence-corrected chi connectivity index (χ0v) is 6.33. The Morgan fingerprint density at radius 3 is 2.55 bits per heavy atom. The number of aliphatic hydroxyl groups excluding tert-OH is 1. The third kappa shape index (κ3) is 1.74. The maximum Gasteiger partial charge on any atom is 0.263 e. The van der Waals surface area contributed by atoms with Crippen molar-refractivity contribution in [3.63, 3.8) is 0 Å². The standard InChI is InChI=1S/C6H9FN2O2/c1-6(2,7)5-8-4(3-10)9-11-5/h10H,3H2,1-2H3. The van der Waals surface area contributed by atoms with Crippen molar-refractivity contribution < 1.29 is 14.0 Å². The predicted octanol–water partition coefficient (Wildman–Crippen LogP) is 0.766. The first-order chi connectivity index (χ1) is 5.04. The Hall–Kier alpha value is -0.970. The van der Waals surface area contributed by atoms with Crippen LogP contribution in [0.15, 0.2) is 4.52 Å². The maximum absolute atomic E-state index is 13.0. The van der Waals surface area contributed by atoms with Gasteiger partial charge in [0.1, 0.15) is 6.61 Å². The molecule has 1 heterocycles. The van der Waals surface area contributed by atoms with Crippen LogP contribution < -0.4 is 0 Å². The summed E-state index contributed by atoms with van der Waals surface area (Å²) in [4.78, 5) is 3.60. The molecule has 1 rings (SSSR count). The molecule has 0 saturated carbocycles. The number of rotatable bonds is 2. The Bertz CT molecular complexity index is 241. The van der Waals surface area contributed by atoms with E-state index in [4.69, 9.17) is 5.11 Å². The molecule has 1 aromatic heterocycles. The van der Waals surface area contributed by atoms with Gasteiger partial charge in [0.2, 0.25) is 0 Å². The van der Waals surface area contributed by atoms with Gasteiger partial charge in [-0.15, -0.1) is 0 Å². The molecule has 0 amide bonds. The molecule has 0 aliphatic rings. The van der Waals surface area contributed by atoms with E-state index in [0.717, 1.165) is 0 Å². The summed E-state index contributed by atoms with van der Waals surface area (Å²) < 4.78 is 17.5. The van der Waals surface area contributed by atoms with Gasteiger partial charge < -0.3 is 9.63 Å². The Labute approximate surface area is 63.0 Å². The van der Waals surface area contributed by atoms with E-state index >= 15 is 0 Å². The van der Waals surface area contributed by atoms with E-state index in [0.29, 0.717) is 0 Å². The smallest absolute Gasteiger partial charge is 0.263 e. The first-order valence-electron chi connectivity index (χ1n) is 3.17. The van der Waals surface area contributed by atoms with Crippen LogP contribution >= 0.6 is 0 Å². The molecule has 0 aliphatic heterocycles. The first-order valence-corrected chi connectivity index (χ1v) is 3.17. The third-order valence-corrected chi connectivity index (χ3v) is 1.12. The third-order valence-electron chi connectivity index (χ3n) is 1.12. The highest BCUT2D eigenvalue weighted by molar-refractivity contribution is 4.93. The van der Waals surface area contributed by atoms with Crippen molar-refractivity contribution in [3.8, 4) is 0 Å². The average molecular weight is 160 g/mol. The normalized spacial score (nSPS) is 12.0. The van der Waals surface area contributed by atoms with Crippen molar-refractivity contribution in [1.29, 1.82) is 0 Å². The lowest BCUT2D eigenvalue weighted by Gasteiger charge is -2.05. The van der Waals surface area contributed by atoms with E-state index in [-0.39, 0.29) is 18.3 Å². The minimum atomic E-state index is -1.64. The number of alkyl halides is 1. The summed E-state index contributed by atoms with van der Waals surface area (Å²) in [7, 11) is 0. The highest BCUT2D eigenvalue weighted by Crippen LogP contribution is 2.21. The van der Waals surface area contributed by atoms with E-state index in [9.17, 15) is 4.39 Å². The number of nitrogens with zero attached hydrogens (tertiary/aromatic N) is 2. The van der Waals surface area contributed by atoms with Gasteiger partial charge in [-0.3, -0.25) is 0 Å². The molecule has 0 aliphatic carbocycles. The van der Waals surface area contributed by atoms with E-state index in [1.165, 1.54) is 13.8 Å². The molecular weight excluding hydrogens is 151 g/mol. The molecule has 1 aromatic rings. The van der Waals surface area contributed by atoms with Gasteiger partial charge in [-0.2, -0.15) is 4.98 Å². The van der Waals surface area contributed by atoms with Gasteiger partial charge >= 0.3 is 0 Å². The van der Waals surface area contributed by atoms with Gasteiger partial charge in [0, 0.05) is 0 Å². The second-order valence-electron chi connectivity index (χ2n) is 2.65. The quantitative estimate of drug-likeness (QED) is 0.694. The molecule has 62 valence electrons. The fraction of sp³-hybridized carbons (Fsp3) is 0.667. The summed E-state index contributed by atoms with van der Waals surface area (Å²) in [5, 5.41) is 11.8. The molecule has 0 atom stereocenters.